The van der Waals surface area contributed by atoms with Crippen LogP contribution in [0.2, 0.25) is 0 Å². The highest BCUT2D eigenvalue weighted by Gasteiger charge is 2.19. The van der Waals surface area contributed by atoms with E-state index in [4.69, 9.17) is 10.2 Å². The molecule has 1 aliphatic rings. The Hall–Kier alpha value is -0.810. The first-order valence-corrected chi connectivity index (χ1v) is 3.68. The summed E-state index contributed by atoms with van der Waals surface area (Å²) in [6, 6.07) is 0. The zero-order valence-corrected chi connectivity index (χ0v) is 7.19. The fourth-order valence-electron chi connectivity index (χ4n) is 0.418. The van der Waals surface area contributed by atoms with Crippen molar-refractivity contribution in [3.8, 4) is 0 Å². The van der Waals surface area contributed by atoms with Gasteiger partial charge >= 0.3 is 6.16 Å². The van der Waals surface area contributed by atoms with E-state index in [1.165, 1.54) is 6.92 Å². The Bertz CT molecular complexity index is 134. The van der Waals surface area contributed by atoms with Gasteiger partial charge in [-0.1, -0.05) is 0 Å². The van der Waals surface area contributed by atoms with Gasteiger partial charge in [-0.2, -0.15) is 0 Å². The molecule has 0 aromatic rings. The van der Waals surface area contributed by atoms with Gasteiger partial charge in [-0.3, -0.25) is 0 Å². The normalized spacial score (nSPS) is 23.3. The summed E-state index contributed by atoms with van der Waals surface area (Å²) >= 11 is 0. The van der Waals surface area contributed by atoms with Crippen molar-refractivity contribution in [3.63, 3.8) is 0 Å². The molecule has 0 aromatic carbocycles. The molecule has 1 heterocycles. The largest absolute Gasteiger partial charge is 0.508 e. The molecule has 1 rings (SSSR count). The van der Waals surface area contributed by atoms with E-state index in [-0.39, 0.29) is 12.7 Å². The molecular formula is C7H14O5. The van der Waals surface area contributed by atoms with E-state index in [1.54, 1.807) is 6.92 Å². The van der Waals surface area contributed by atoms with Crippen LogP contribution < -0.4 is 0 Å². The highest BCUT2D eigenvalue weighted by atomic mass is 16.8. The fourth-order valence-corrected chi connectivity index (χ4v) is 0.418. The molecule has 0 amide bonds. The summed E-state index contributed by atoms with van der Waals surface area (Å²) in [6.45, 7) is 3.57. The first-order chi connectivity index (χ1) is 5.56. The van der Waals surface area contributed by atoms with E-state index >= 15 is 0 Å². The lowest BCUT2D eigenvalue weighted by Gasteiger charge is -1.90. The van der Waals surface area contributed by atoms with Gasteiger partial charge in [-0.25, -0.2) is 4.79 Å². The van der Waals surface area contributed by atoms with Gasteiger partial charge in [-0.15, -0.1) is 0 Å². The molecule has 2 atom stereocenters. The van der Waals surface area contributed by atoms with Crippen molar-refractivity contribution in [2.24, 2.45) is 0 Å². The highest BCUT2D eigenvalue weighted by Crippen LogP contribution is 2.02. The molecule has 0 spiro atoms. The first kappa shape index (κ1) is 11.2. The predicted octanol–water partition coefficient (Wildman–Crippen LogP) is -0.0988. The summed E-state index contributed by atoms with van der Waals surface area (Å²) in [4.78, 5) is 10.0. The van der Waals surface area contributed by atoms with E-state index in [0.29, 0.717) is 6.61 Å². The predicted molar refractivity (Wildman–Crippen MR) is 40.7 cm³/mol. The summed E-state index contributed by atoms with van der Waals surface area (Å²) in [7, 11) is 0. The molecule has 5 heteroatoms. The lowest BCUT2D eigenvalue weighted by atomic mass is 10.5. The van der Waals surface area contributed by atoms with Gasteiger partial charge in [-0.05, 0) is 13.8 Å². The molecule has 72 valence electrons. The number of carbonyl (C=O) groups is 1. The van der Waals surface area contributed by atoms with Crippen molar-refractivity contribution >= 4 is 6.16 Å². The SMILES string of the molecule is CC(O)CO.CC1COC(=O)O1. The number of hydrogen-bond acceptors (Lipinski definition) is 5. The van der Waals surface area contributed by atoms with Gasteiger partial charge in [0.2, 0.25) is 0 Å². The third-order valence-electron chi connectivity index (χ3n) is 0.998. The van der Waals surface area contributed by atoms with Crippen LogP contribution in [0.25, 0.3) is 0 Å². The second-order valence-corrected chi connectivity index (χ2v) is 2.52. The van der Waals surface area contributed by atoms with Gasteiger partial charge in [0, 0.05) is 0 Å². The summed E-state index contributed by atoms with van der Waals surface area (Å²) < 4.78 is 8.90. The molecule has 2 N–H and O–H groups in total. The Balaban J connectivity index is 0.000000217. The number of rotatable bonds is 1. The minimum Gasteiger partial charge on any atom is -0.430 e. The molecule has 0 aliphatic carbocycles. The van der Waals surface area contributed by atoms with E-state index in [2.05, 4.69) is 9.47 Å². The van der Waals surface area contributed by atoms with Crippen molar-refractivity contribution in [1.29, 1.82) is 0 Å². The average Bonchev–Trinajstić information content (AvgIpc) is 2.36. The minimum atomic E-state index is -0.560. The van der Waals surface area contributed by atoms with E-state index in [0.717, 1.165) is 0 Å². The Kier molecular flexibility index (Phi) is 5.40. The number of aliphatic hydroxyl groups is 2. The molecule has 1 saturated heterocycles. The molecule has 0 bridgehead atoms. The molecular weight excluding hydrogens is 164 g/mol. The second kappa shape index (κ2) is 5.79. The Morgan fingerprint density at radius 3 is 2.33 bits per heavy atom. The minimum absolute atomic E-state index is 0.0486. The van der Waals surface area contributed by atoms with Crippen molar-refractivity contribution in [1.82, 2.24) is 0 Å². The Morgan fingerprint density at radius 1 is 1.75 bits per heavy atom. The summed E-state index contributed by atoms with van der Waals surface area (Å²) in [5, 5.41) is 16.0. The topological polar surface area (TPSA) is 76.0 Å². The van der Waals surface area contributed by atoms with Crippen LogP contribution in [0.5, 0.6) is 0 Å². The van der Waals surface area contributed by atoms with E-state index in [1.807, 2.05) is 0 Å². The maximum atomic E-state index is 10.0. The third kappa shape index (κ3) is 5.94. The molecule has 1 fully saturated rings. The quantitative estimate of drug-likeness (QED) is 0.548. The van der Waals surface area contributed by atoms with E-state index < -0.39 is 12.3 Å². The van der Waals surface area contributed by atoms with Crippen molar-refractivity contribution in [2.45, 2.75) is 26.1 Å². The monoisotopic (exact) mass is 178 g/mol. The summed E-state index contributed by atoms with van der Waals surface area (Å²) in [6.07, 6.45) is -1.16. The second-order valence-electron chi connectivity index (χ2n) is 2.52. The zero-order valence-electron chi connectivity index (χ0n) is 7.19. The molecule has 0 saturated carbocycles. The number of hydrogen-bond donors (Lipinski definition) is 2. The standard InChI is InChI=1S/C4H6O3.C3H8O2/c1-3-2-6-4(5)7-3;1-3(5)2-4/h3H,2H2,1H3;3-5H,2H2,1H3. The van der Waals surface area contributed by atoms with Gasteiger partial charge in [0.15, 0.2) is 0 Å². The van der Waals surface area contributed by atoms with Crippen LogP contribution >= 0.6 is 0 Å². The van der Waals surface area contributed by atoms with Crippen LogP contribution in [-0.4, -0.2) is 41.8 Å². The molecule has 0 radical (unpaired) electrons. The first-order valence-electron chi connectivity index (χ1n) is 3.68. The highest BCUT2D eigenvalue weighted by molar-refractivity contribution is 5.61. The molecule has 1 aliphatic heterocycles. The zero-order chi connectivity index (χ0) is 9.56. The Labute approximate surface area is 70.9 Å². The summed E-state index contributed by atoms with van der Waals surface area (Å²) in [5.41, 5.74) is 0. The summed E-state index contributed by atoms with van der Waals surface area (Å²) in [5.74, 6) is 0. The van der Waals surface area contributed by atoms with Crippen LogP contribution in [0.15, 0.2) is 0 Å². The van der Waals surface area contributed by atoms with Crippen LogP contribution in [0.3, 0.4) is 0 Å². The number of cyclic esters (lactones) is 2. The van der Waals surface area contributed by atoms with Crippen LogP contribution in [0.4, 0.5) is 4.79 Å². The number of carbonyl (C=O) groups excluding carboxylic acids is 1. The smallest absolute Gasteiger partial charge is 0.430 e. The average molecular weight is 178 g/mol. The lowest BCUT2D eigenvalue weighted by Crippen LogP contribution is -2.03. The van der Waals surface area contributed by atoms with Gasteiger partial charge in [0.25, 0.3) is 0 Å². The van der Waals surface area contributed by atoms with Crippen molar-refractivity contribution < 1.29 is 24.5 Å². The lowest BCUT2D eigenvalue weighted by molar-refractivity contribution is 0.110. The van der Waals surface area contributed by atoms with Crippen LogP contribution in [0, 0.1) is 0 Å². The third-order valence-corrected chi connectivity index (χ3v) is 0.998. The van der Waals surface area contributed by atoms with Crippen molar-refractivity contribution in [3.05, 3.63) is 0 Å². The van der Waals surface area contributed by atoms with E-state index in [9.17, 15) is 4.79 Å². The molecule has 2 unspecified atom stereocenters. The van der Waals surface area contributed by atoms with Gasteiger partial charge in [0.1, 0.15) is 12.7 Å². The number of aliphatic hydroxyl groups excluding tert-OH is 2. The molecule has 0 aromatic heterocycles. The maximum Gasteiger partial charge on any atom is 0.508 e. The van der Waals surface area contributed by atoms with Gasteiger partial charge in [0.05, 0.1) is 12.7 Å². The molecule has 5 nitrogen and oxygen atoms in total. The van der Waals surface area contributed by atoms with Crippen LogP contribution in [-0.2, 0) is 9.47 Å². The molecule has 12 heavy (non-hydrogen) atoms. The maximum absolute atomic E-state index is 10.0. The van der Waals surface area contributed by atoms with Gasteiger partial charge < -0.3 is 19.7 Å². The Morgan fingerprint density at radius 2 is 2.25 bits per heavy atom. The number of ether oxygens (including phenoxy) is 2. The van der Waals surface area contributed by atoms with Crippen molar-refractivity contribution in [2.75, 3.05) is 13.2 Å². The fraction of sp³-hybridized carbons (Fsp3) is 0.857. The van der Waals surface area contributed by atoms with Crippen LogP contribution in [0.1, 0.15) is 13.8 Å².